The quantitative estimate of drug-likeness (QED) is 0.787. The molecule has 7 nitrogen and oxygen atoms in total. The van der Waals surface area contributed by atoms with Crippen molar-refractivity contribution in [3.05, 3.63) is 40.6 Å². The number of halogens is 1. The van der Waals surface area contributed by atoms with E-state index in [2.05, 4.69) is 31.7 Å². The molecule has 0 unspecified atom stereocenters. The number of carbonyl (C=O) groups excluding carboxylic acids is 1. The Morgan fingerprint density at radius 1 is 1.38 bits per heavy atom. The Kier molecular flexibility index (Phi) is 4.59. The zero-order valence-electron chi connectivity index (χ0n) is 11.1. The Hall–Kier alpha value is -2.35. The predicted molar refractivity (Wildman–Crippen MR) is 81.6 cm³/mol. The average Bonchev–Trinajstić information content (AvgIpc) is 2.88. The van der Waals surface area contributed by atoms with Crippen molar-refractivity contribution in [3.8, 4) is 0 Å². The maximum atomic E-state index is 11.9. The van der Waals surface area contributed by atoms with Crippen LogP contribution in [0.1, 0.15) is 17.3 Å². The van der Waals surface area contributed by atoms with Gasteiger partial charge in [-0.3, -0.25) is 4.68 Å². The van der Waals surface area contributed by atoms with Gasteiger partial charge in [-0.25, -0.2) is 9.59 Å². The topological polar surface area (TPSA) is 96.2 Å². The number of hydrogen-bond donors (Lipinski definition) is 3. The number of urea groups is 1. The molecule has 0 bridgehead atoms. The summed E-state index contributed by atoms with van der Waals surface area (Å²) >= 11 is 3.22. The van der Waals surface area contributed by atoms with Crippen molar-refractivity contribution in [2.45, 2.75) is 13.5 Å². The molecule has 1 aromatic heterocycles. The summed E-state index contributed by atoms with van der Waals surface area (Å²) in [6, 6.07) is 4.11. The summed E-state index contributed by atoms with van der Waals surface area (Å²) in [7, 11) is 0. The molecule has 2 rings (SSSR count). The maximum Gasteiger partial charge on any atom is 0.337 e. The molecule has 110 valence electrons. The number of hydrogen-bond acceptors (Lipinski definition) is 3. The number of para-hydroxylation sites is 1. The van der Waals surface area contributed by atoms with Crippen LogP contribution in [0, 0.1) is 0 Å². The molecule has 3 N–H and O–H groups in total. The van der Waals surface area contributed by atoms with Crippen LogP contribution in [-0.4, -0.2) is 26.9 Å². The van der Waals surface area contributed by atoms with Crippen LogP contribution in [0.2, 0.25) is 0 Å². The number of anilines is 2. The van der Waals surface area contributed by atoms with E-state index in [9.17, 15) is 9.59 Å². The highest BCUT2D eigenvalue weighted by Crippen LogP contribution is 2.26. The van der Waals surface area contributed by atoms with E-state index in [0.29, 0.717) is 16.7 Å². The molecule has 0 radical (unpaired) electrons. The summed E-state index contributed by atoms with van der Waals surface area (Å²) < 4.78 is 2.15. The van der Waals surface area contributed by atoms with Crippen molar-refractivity contribution < 1.29 is 14.7 Å². The largest absolute Gasteiger partial charge is 0.478 e. The van der Waals surface area contributed by atoms with Gasteiger partial charge in [-0.15, -0.1) is 0 Å². The number of nitrogens with zero attached hydrogens (tertiary/aromatic N) is 2. The van der Waals surface area contributed by atoms with E-state index < -0.39 is 12.0 Å². The van der Waals surface area contributed by atoms with Gasteiger partial charge in [0, 0.05) is 17.2 Å². The average molecular weight is 353 g/mol. The minimum atomic E-state index is -1.12. The molecular formula is C13H13BrN4O3. The van der Waals surface area contributed by atoms with E-state index in [1.807, 2.05) is 6.92 Å². The molecule has 8 heteroatoms. The number of carboxylic acid groups (broad SMARTS) is 1. The van der Waals surface area contributed by atoms with Gasteiger partial charge in [0.05, 0.1) is 23.1 Å². The Labute approximate surface area is 129 Å². The Morgan fingerprint density at radius 3 is 2.76 bits per heavy atom. The molecule has 2 aromatic rings. The van der Waals surface area contributed by atoms with Crippen LogP contribution in [0.5, 0.6) is 0 Å². The first-order valence-electron chi connectivity index (χ1n) is 6.13. The number of aryl methyl sites for hydroxylation is 1. The van der Waals surface area contributed by atoms with Gasteiger partial charge in [-0.1, -0.05) is 6.07 Å². The maximum absolute atomic E-state index is 11.9. The van der Waals surface area contributed by atoms with Gasteiger partial charge < -0.3 is 15.7 Å². The minimum Gasteiger partial charge on any atom is -0.478 e. The highest BCUT2D eigenvalue weighted by Gasteiger charge is 2.15. The second-order valence-corrected chi connectivity index (χ2v) is 4.99. The number of carboxylic acids is 1. The zero-order chi connectivity index (χ0) is 15.4. The summed E-state index contributed by atoms with van der Waals surface area (Å²) in [6.07, 6.45) is 3.19. The van der Waals surface area contributed by atoms with Gasteiger partial charge in [0.15, 0.2) is 0 Å². The molecule has 1 heterocycles. The third-order valence-corrected chi connectivity index (χ3v) is 3.36. The molecule has 0 spiro atoms. The second-order valence-electron chi connectivity index (χ2n) is 4.13. The standard InChI is InChI=1S/C13H13BrN4O3/c1-2-18-7-8(6-15-18)16-13(21)17-11-9(12(19)20)4-3-5-10(11)14/h3-7H,2H2,1H3,(H,19,20)(H2,16,17,21). The van der Waals surface area contributed by atoms with Crippen LogP contribution >= 0.6 is 15.9 Å². The Bertz CT molecular complexity index is 684. The fourth-order valence-corrected chi connectivity index (χ4v) is 2.17. The lowest BCUT2D eigenvalue weighted by Crippen LogP contribution is -2.21. The highest BCUT2D eigenvalue weighted by atomic mass is 79.9. The molecule has 0 aliphatic rings. The van der Waals surface area contributed by atoms with E-state index in [0.717, 1.165) is 0 Å². The number of amides is 2. The molecule has 21 heavy (non-hydrogen) atoms. The molecular weight excluding hydrogens is 340 g/mol. The van der Waals surface area contributed by atoms with E-state index >= 15 is 0 Å². The van der Waals surface area contributed by atoms with Crippen molar-refractivity contribution >= 4 is 39.3 Å². The Balaban J connectivity index is 2.14. The third kappa shape index (κ3) is 3.60. The first-order chi connectivity index (χ1) is 10.0. The second kappa shape index (κ2) is 6.40. The van der Waals surface area contributed by atoms with E-state index in [1.165, 1.54) is 12.3 Å². The number of carbonyl (C=O) groups is 2. The van der Waals surface area contributed by atoms with Crippen molar-refractivity contribution in [1.29, 1.82) is 0 Å². The van der Waals surface area contributed by atoms with Crippen LogP contribution in [0.3, 0.4) is 0 Å². The van der Waals surface area contributed by atoms with Crippen LogP contribution in [-0.2, 0) is 6.54 Å². The molecule has 1 aromatic carbocycles. The number of aromatic nitrogens is 2. The predicted octanol–water partition coefficient (Wildman–Crippen LogP) is 3.01. The molecule has 0 saturated heterocycles. The number of rotatable bonds is 4. The first kappa shape index (κ1) is 15.0. The summed E-state index contributed by atoms with van der Waals surface area (Å²) in [4.78, 5) is 23.1. The van der Waals surface area contributed by atoms with Crippen LogP contribution < -0.4 is 10.6 Å². The van der Waals surface area contributed by atoms with Crippen LogP contribution in [0.15, 0.2) is 35.1 Å². The molecule has 0 aliphatic heterocycles. The van der Waals surface area contributed by atoms with Gasteiger partial charge in [-0.2, -0.15) is 5.10 Å². The SMILES string of the molecule is CCn1cc(NC(=O)Nc2c(Br)cccc2C(=O)O)cn1. The van der Waals surface area contributed by atoms with E-state index in [1.54, 1.807) is 23.0 Å². The van der Waals surface area contributed by atoms with Crippen molar-refractivity contribution in [1.82, 2.24) is 9.78 Å². The molecule has 0 saturated carbocycles. The smallest absolute Gasteiger partial charge is 0.337 e. The number of nitrogens with one attached hydrogen (secondary N) is 2. The number of benzene rings is 1. The fraction of sp³-hybridized carbons (Fsp3) is 0.154. The van der Waals surface area contributed by atoms with Crippen molar-refractivity contribution in [2.75, 3.05) is 10.6 Å². The van der Waals surface area contributed by atoms with Crippen molar-refractivity contribution in [2.24, 2.45) is 0 Å². The monoisotopic (exact) mass is 352 g/mol. The summed E-state index contributed by atoms with van der Waals surface area (Å²) in [5.41, 5.74) is 0.729. The molecule has 0 fully saturated rings. The lowest BCUT2D eigenvalue weighted by molar-refractivity contribution is 0.0698. The zero-order valence-corrected chi connectivity index (χ0v) is 12.7. The van der Waals surface area contributed by atoms with Crippen LogP contribution in [0.4, 0.5) is 16.2 Å². The fourth-order valence-electron chi connectivity index (χ4n) is 1.71. The lowest BCUT2D eigenvalue weighted by Gasteiger charge is -2.10. The normalized spacial score (nSPS) is 10.2. The minimum absolute atomic E-state index is 0.00350. The van der Waals surface area contributed by atoms with Gasteiger partial charge in [0.2, 0.25) is 0 Å². The van der Waals surface area contributed by atoms with Gasteiger partial charge in [0.25, 0.3) is 0 Å². The van der Waals surface area contributed by atoms with E-state index in [4.69, 9.17) is 5.11 Å². The first-order valence-corrected chi connectivity index (χ1v) is 6.92. The van der Waals surface area contributed by atoms with Gasteiger partial charge >= 0.3 is 12.0 Å². The molecule has 0 aliphatic carbocycles. The summed E-state index contributed by atoms with van der Waals surface area (Å²) in [5.74, 6) is -1.12. The van der Waals surface area contributed by atoms with E-state index in [-0.39, 0.29) is 11.3 Å². The van der Waals surface area contributed by atoms with Gasteiger partial charge in [-0.05, 0) is 35.0 Å². The summed E-state index contributed by atoms with van der Waals surface area (Å²) in [5, 5.41) is 18.3. The van der Waals surface area contributed by atoms with Gasteiger partial charge in [0.1, 0.15) is 0 Å². The third-order valence-electron chi connectivity index (χ3n) is 2.70. The molecule has 2 amide bonds. The highest BCUT2D eigenvalue weighted by molar-refractivity contribution is 9.10. The van der Waals surface area contributed by atoms with Crippen molar-refractivity contribution in [3.63, 3.8) is 0 Å². The summed E-state index contributed by atoms with van der Waals surface area (Å²) in [6.45, 7) is 2.62. The lowest BCUT2D eigenvalue weighted by atomic mass is 10.2. The molecule has 0 atom stereocenters. The van der Waals surface area contributed by atoms with Crippen LogP contribution in [0.25, 0.3) is 0 Å². The number of aromatic carboxylic acids is 1. The Morgan fingerprint density at radius 2 is 2.14 bits per heavy atom.